The van der Waals surface area contributed by atoms with Gasteiger partial charge in [-0.15, -0.1) is 9.24 Å². The molecule has 0 aromatic heterocycles. The summed E-state index contributed by atoms with van der Waals surface area (Å²) in [5.41, 5.74) is 3.30. The summed E-state index contributed by atoms with van der Waals surface area (Å²) < 4.78 is 0. The van der Waals surface area contributed by atoms with E-state index < -0.39 is 0 Å². The van der Waals surface area contributed by atoms with Crippen molar-refractivity contribution in [1.82, 2.24) is 0 Å². The summed E-state index contributed by atoms with van der Waals surface area (Å²) in [5.74, 6) is 0. The van der Waals surface area contributed by atoms with Crippen molar-refractivity contribution >= 4 is 9.24 Å². The molecular weight excluding hydrogens is 223 g/mol. The molecule has 0 nitrogen and oxygen atoms in total. The maximum Gasteiger partial charge on any atom is -0.0257 e. The van der Waals surface area contributed by atoms with Gasteiger partial charge in [0.05, 0.1) is 0 Å². The summed E-state index contributed by atoms with van der Waals surface area (Å²) >= 11 is 0. The molecule has 0 N–H and O–H groups in total. The van der Waals surface area contributed by atoms with Crippen LogP contribution in [0.4, 0.5) is 0 Å². The maximum absolute atomic E-state index is 2.73. The Morgan fingerprint density at radius 1 is 1.12 bits per heavy atom. The van der Waals surface area contributed by atoms with Gasteiger partial charge >= 0.3 is 0 Å². The lowest BCUT2D eigenvalue weighted by atomic mass is 9.78. The molecule has 1 heteroatoms. The summed E-state index contributed by atoms with van der Waals surface area (Å²) in [7, 11) is 2.73. The van der Waals surface area contributed by atoms with Gasteiger partial charge in [-0.1, -0.05) is 55.0 Å². The number of allylic oxidation sites excluding steroid dienone is 6. The van der Waals surface area contributed by atoms with Crippen LogP contribution in [0.25, 0.3) is 0 Å². The molecule has 0 saturated heterocycles. The minimum absolute atomic E-state index is 0.403. The third-order valence-electron chi connectivity index (χ3n) is 3.19. The molecular formula is C16H29P. The van der Waals surface area contributed by atoms with Crippen molar-refractivity contribution in [2.45, 2.75) is 60.8 Å². The minimum atomic E-state index is 0.403. The first-order chi connectivity index (χ1) is 7.79. The van der Waals surface area contributed by atoms with Gasteiger partial charge in [-0.05, 0) is 46.0 Å². The third kappa shape index (κ3) is 8.38. The van der Waals surface area contributed by atoms with E-state index in [-0.39, 0.29) is 0 Å². The van der Waals surface area contributed by atoms with Gasteiger partial charge in [0.1, 0.15) is 0 Å². The van der Waals surface area contributed by atoms with Gasteiger partial charge in [0.15, 0.2) is 0 Å². The molecule has 17 heavy (non-hydrogen) atoms. The van der Waals surface area contributed by atoms with Crippen molar-refractivity contribution in [2.24, 2.45) is 5.41 Å². The number of rotatable bonds is 6. The van der Waals surface area contributed by atoms with Gasteiger partial charge in [0.2, 0.25) is 0 Å². The van der Waals surface area contributed by atoms with Crippen LogP contribution < -0.4 is 0 Å². The average molecular weight is 252 g/mol. The van der Waals surface area contributed by atoms with E-state index in [1.54, 1.807) is 0 Å². The highest BCUT2D eigenvalue weighted by Crippen LogP contribution is 2.34. The first kappa shape index (κ1) is 16.6. The molecule has 0 fully saturated rings. The standard InChI is InChI=1S/C16H29P/c1-7-16(6,11-10-13(2)3)12-14(4)8-9-15(5)17/h8-10H,7,11-12,17H2,1-6H3/b14-8+,15-9+. The molecule has 0 spiro atoms. The molecule has 0 aliphatic heterocycles. The predicted octanol–water partition coefficient (Wildman–Crippen LogP) is 5.87. The summed E-state index contributed by atoms with van der Waals surface area (Å²) in [6, 6.07) is 0. The van der Waals surface area contributed by atoms with Crippen LogP contribution in [0.3, 0.4) is 0 Å². The highest BCUT2D eigenvalue weighted by atomic mass is 31.0. The minimum Gasteiger partial charge on any atom is -0.110 e. The Labute approximate surface area is 110 Å². The molecule has 0 aromatic rings. The second-order valence-corrected chi connectivity index (χ2v) is 6.66. The monoisotopic (exact) mass is 252 g/mol. The van der Waals surface area contributed by atoms with Crippen LogP contribution >= 0.6 is 9.24 Å². The molecule has 2 atom stereocenters. The zero-order chi connectivity index (χ0) is 13.5. The third-order valence-corrected chi connectivity index (χ3v) is 3.39. The Balaban J connectivity index is 4.63. The molecule has 98 valence electrons. The summed E-state index contributed by atoms with van der Waals surface area (Å²) in [6.07, 6.45) is 10.4. The second-order valence-electron chi connectivity index (χ2n) is 5.75. The molecule has 0 amide bonds. The molecule has 0 saturated carbocycles. The Morgan fingerprint density at radius 3 is 2.12 bits per heavy atom. The zero-order valence-electron chi connectivity index (χ0n) is 12.4. The highest BCUT2D eigenvalue weighted by molar-refractivity contribution is 7.22. The fourth-order valence-electron chi connectivity index (χ4n) is 1.80. The largest absolute Gasteiger partial charge is 0.110 e. The van der Waals surface area contributed by atoms with Gasteiger partial charge in [-0.3, -0.25) is 0 Å². The van der Waals surface area contributed by atoms with Crippen LogP contribution in [0, 0.1) is 5.41 Å². The second kappa shape index (κ2) is 7.88. The van der Waals surface area contributed by atoms with Crippen LogP contribution in [0.5, 0.6) is 0 Å². The van der Waals surface area contributed by atoms with Crippen molar-refractivity contribution in [3.8, 4) is 0 Å². The van der Waals surface area contributed by atoms with Gasteiger partial charge < -0.3 is 0 Å². The van der Waals surface area contributed by atoms with Crippen molar-refractivity contribution < 1.29 is 0 Å². The average Bonchev–Trinajstić information content (AvgIpc) is 2.24. The number of hydrogen-bond acceptors (Lipinski definition) is 0. The van der Waals surface area contributed by atoms with E-state index in [2.05, 4.69) is 69.0 Å². The van der Waals surface area contributed by atoms with Crippen LogP contribution in [0.15, 0.2) is 34.7 Å². The van der Waals surface area contributed by atoms with E-state index in [9.17, 15) is 0 Å². The Kier molecular flexibility index (Phi) is 7.71. The molecule has 0 radical (unpaired) electrons. The molecule has 2 unspecified atom stereocenters. The van der Waals surface area contributed by atoms with Crippen LogP contribution in [0.2, 0.25) is 0 Å². The van der Waals surface area contributed by atoms with Gasteiger partial charge in [0.25, 0.3) is 0 Å². The normalized spacial score (nSPS) is 16.6. The molecule has 0 aliphatic carbocycles. The van der Waals surface area contributed by atoms with Crippen molar-refractivity contribution in [3.05, 3.63) is 34.7 Å². The first-order valence-corrected chi connectivity index (χ1v) is 7.09. The first-order valence-electron chi connectivity index (χ1n) is 6.52. The maximum atomic E-state index is 2.73. The summed E-state index contributed by atoms with van der Waals surface area (Å²) in [6.45, 7) is 13.4. The van der Waals surface area contributed by atoms with Gasteiger partial charge in [0, 0.05) is 0 Å². The fourth-order valence-corrected chi connectivity index (χ4v) is 1.89. The molecule has 0 bridgehead atoms. The zero-order valence-corrected chi connectivity index (χ0v) is 13.6. The Hall–Kier alpha value is -0.350. The van der Waals surface area contributed by atoms with Crippen molar-refractivity contribution in [3.63, 3.8) is 0 Å². The van der Waals surface area contributed by atoms with E-state index in [1.807, 2.05) is 0 Å². The smallest absolute Gasteiger partial charge is 0.0257 e. The highest BCUT2D eigenvalue weighted by Gasteiger charge is 2.20. The predicted molar refractivity (Wildman–Crippen MR) is 84.3 cm³/mol. The lowest BCUT2D eigenvalue weighted by molar-refractivity contribution is 0.311. The van der Waals surface area contributed by atoms with E-state index in [4.69, 9.17) is 0 Å². The van der Waals surface area contributed by atoms with Crippen molar-refractivity contribution in [1.29, 1.82) is 0 Å². The molecule has 0 aliphatic rings. The summed E-state index contributed by atoms with van der Waals surface area (Å²) in [4.78, 5) is 0. The quantitative estimate of drug-likeness (QED) is 0.315. The van der Waals surface area contributed by atoms with Gasteiger partial charge in [-0.2, -0.15) is 0 Å². The molecule has 0 aromatic carbocycles. The van der Waals surface area contributed by atoms with Crippen LogP contribution in [0.1, 0.15) is 60.8 Å². The Morgan fingerprint density at radius 2 is 1.71 bits per heavy atom. The number of hydrogen-bond donors (Lipinski definition) is 0. The van der Waals surface area contributed by atoms with Crippen LogP contribution in [-0.4, -0.2) is 0 Å². The van der Waals surface area contributed by atoms with E-state index in [1.165, 1.54) is 35.7 Å². The fraction of sp³-hybridized carbons (Fsp3) is 0.625. The molecule has 0 rings (SSSR count). The SMILES string of the molecule is CCC(C)(CC=C(C)C)C/C(C)=C/C=C(\C)P. The lowest BCUT2D eigenvalue weighted by Crippen LogP contribution is -2.14. The van der Waals surface area contributed by atoms with Gasteiger partial charge in [-0.25, -0.2) is 0 Å². The summed E-state index contributed by atoms with van der Waals surface area (Å²) in [5, 5.41) is 1.28. The topological polar surface area (TPSA) is 0 Å². The lowest BCUT2D eigenvalue weighted by Gasteiger charge is -2.27. The van der Waals surface area contributed by atoms with E-state index in [0.717, 1.165) is 0 Å². The molecule has 0 heterocycles. The van der Waals surface area contributed by atoms with Crippen LogP contribution in [-0.2, 0) is 0 Å². The van der Waals surface area contributed by atoms with Crippen molar-refractivity contribution in [2.75, 3.05) is 0 Å². The Bertz CT molecular complexity index is 312. The van der Waals surface area contributed by atoms with E-state index >= 15 is 0 Å². The van der Waals surface area contributed by atoms with E-state index in [0.29, 0.717) is 5.41 Å².